The molecule has 1 rings (SSSR count). The van der Waals surface area contributed by atoms with E-state index in [-0.39, 0.29) is 0 Å². The third-order valence-electron chi connectivity index (χ3n) is 2.60. The van der Waals surface area contributed by atoms with Crippen LogP contribution in [-0.4, -0.2) is 35.1 Å². The molecule has 1 aromatic rings. The lowest BCUT2D eigenvalue weighted by Crippen LogP contribution is -2.45. The first kappa shape index (κ1) is 15.0. The highest BCUT2D eigenvalue weighted by Gasteiger charge is 2.27. The summed E-state index contributed by atoms with van der Waals surface area (Å²) in [4.78, 5) is 19.6. The van der Waals surface area contributed by atoms with Crippen LogP contribution in [0.3, 0.4) is 0 Å². The highest BCUT2D eigenvalue weighted by molar-refractivity contribution is 5.87. The zero-order chi connectivity index (χ0) is 14.5. The summed E-state index contributed by atoms with van der Waals surface area (Å²) in [5.74, 6) is 1.00. The van der Waals surface area contributed by atoms with Gasteiger partial charge in [-0.05, 0) is 20.3 Å². The maximum atomic E-state index is 11.3. The maximum absolute atomic E-state index is 11.3. The van der Waals surface area contributed by atoms with E-state index in [1.807, 2.05) is 0 Å². The van der Waals surface area contributed by atoms with Crippen LogP contribution in [0.25, 0.3) is 0 Å². The van der Waals surface area contributed by atoms with Crippen LogP contribution in [-0.2, 0) is 4.79 Å². The van der Waals surface area contributed by atoms with Crippen molar-refractivity contribution in [2.24, 2.45) is 5.73 Å². The van der Waals surface area contributed by atoms with Crippen molar-refractivity contribution in [2.45, 2.75) is 32.7 Å². The van der Waals surface area contributed by atoms with E-state index < -0.39 is 11.4 Å². The zero-order valence-electron chi connectivity index (χ0n) is 11.8. The van der Waals surface area contributed by atoms with Gasteiger partial charge in [-0.1, -0.05) is 6.92 Å². The van der Waals surface area contributed by atoms with Gasteiger partial charge in [0.05, 0.1) is 7.11 Å². The second-order valence-corrected chi connectivity index (χ2v) is 4.65. The summed E-state index contributed by atoms with van der Waals surface area (Å²) < 4.78 is 5.30. The van der Waals surface area contributed by atoms with Crippen LogP contribution in [0.15, 0.2) is 6.33 Å². The average Bonchev–Trinajstić information content (AvgIpc) is 2.35. The van der Waals surface area contributed by atoms with Gasteiger partial charge in [0.25, 0.3) is 0 Å². The third kappa shape index (κ3) is 3.70. The third-order valence-corrected chi connectivity index (χ3v) is 2.60. The Bertz CT molecular complexity index is 448. The van der Waals surface area contributed by atoms with Crippen LogP contribution in [0.1, 0.15) is 27.2 Å². The lowest BCUT2D eigenvalue weighted by atomic mass is 10.1. The van der Waals surface area contributed by atoms with Gasteiger partial charge in [-0.25, -0.2) is 9.97 Å². The van der Waals surface area contributed by atoms with Gasteiger partial charge in [-0.3, -0.25) is 4.79 Å². The predicted octanol–water partition coefficient (Wildman–Crippen LogP) is 0.983. The molecule has 0 saturated carbocycles. The van der Waals surface area contributed by atoms with E-state index in [4.69, 9.17) is 10.5 Å². The Morgan fingerprint density at radius 2 is 2.05 bits per heavy atom. The average molecular weight is 267 g/mol. The number of methoxy groups -OCH3 is 1. The van der Waals surface area contributed by atoms with E-state index in [0.717, 1.165) is 13.0 Å². The fourth-order valence-electron chi connectivity index (χ4n) is 1.38. The summed E-state index contributed by atoms with van der Waals surface area (Å²) in [6.07, 6.45) is 2.36. The Morgan fingerprint density at radius 1 is 1.42 bits per heavy atom. The van der Waals surface area contributed by atoms with Crippen LogP contribution >= 0.6 is 0 Å². The van der Waals surface area contributed by atoms with Crippen LogP contribution < -0.4 is 21.1 Å². The first-order chi connectivity index (χ1) is 8.92. The Morgan fingerprint density at radius 3 is 2.58 bits per heavy atom. The number of primary amides is 1. The number of hydrogen-bond acceptors (Lipinski definition) is 6. The molecule has 0 saturated heterocycles. The number of aromatic nitrogens is 2. The van der Waals surface area contributed by atoms with Gasteiger partial charge in [0.2, 0.25) is 11.7 Å². The summed E-state index contributed by atoms with van der Waals surface area (Å²) in [5, 5.41) is 6.10. The van der Waals surface area contributed by atoms with Crippen molar-refractivity contribution in [3.63, 3.8) is 0 Å². The zero-order valence-corrected chi connectivity index (χ0v) is 11.8. The minimum Gasteiger partial charge on any atom is -0.490 e. The van der Waals surface area contributed by atoms with Crippen LogP contribution in [0.4, 0.5) is 11.6 Å². The number of nitrogens with one attached hydrogen (secondary N) is 2. The Labute approximate surface area is 113 Å². The summed E-state index contributed by atoms with van der Waals surface area (Å²) in [7, 11) is 1.53. The number of nitrogens with two attached hydrogens (primary N) is 1. The first-order valence-electron chi connectivity index (χ1n) is 6.13. The van der Waals surface area contributed by atoms with Crippen LogP contribution in [0.5, 0.6) is 5.75 Å². The molecule has 0 fully saturated rings. The van der Waals surface area contributed by atoms with E-state index in [9.17, 15) is 4.79 Å². The second kappa shape index (κ2) is 6.21. The Kier molecular flexibility index (Phi) is 4.91. The van der Waals surface area contributed by atoms with Crippen molar-refractivity contribution in [1.82, 2.24) is 9.97 Å². The highest BCUT2D eigenvalue weighted by atomic mass is 16.5. The molecule has 4 N–H and O–H groups in total. The van der Waals surface area contributed by atoms with Gasteiger partial charge < -0.3 is 21.1 Å². The molecule has 1 aromatic heterocycles. The van der Waals surface area contributed by atoms with E-state index in [1.54, 1.807) is 13.8 Å². The Hall–Kier alpha value is -2.05. The van der Waals surface area contributed by atoms with E-state index in [0.29, 0.717) is 17.4 Å². The van der Waals surface area contributed by atoms with Crippen molar-refractivity contribution < 1.29 is 9.53 Å². The molecule has 19 heavy (non-hydrogen) atoms. The molecule has 1 amide bonds. The number of carbonyl (C=O) groups excluding carboxylic acids is 1. The fourth-order valence-corrected chi connectivity index (χ4v) is 1.38. The Balaban J connectivity index is 3.04. The van der Waals surface area contributed by atoms with E-state index in [1.165, 1.54) is 13.4 Å². The van der Waals surface area contributed by atoms with E-state index >= 15 is 0 Å². The van der Waals surface area contributed by atoms with Gasteiger partial charge in [-0.15, -0.1) is 0 Å². The number of anilines is 2. The molecule has 0 unspecified atom stereocenters. The predicted molar refractivity (Wildman–Crippen MR) is 74.3 cm³/mol. The van der Waals surface area contributed by atoms with Crippen molar-refractivity contribution in [3.05, 3.63) is 6.33 Å². The van der Waals surface area contributed by atoms with Gasteiger partial charge in [0.1, 0.15) is 11.9 Å². The number of nitrogens with zero attached hydrogens (tertiary/aromatic N) is 2. The number of carbonyl (C=O) groups is 1. The summed E-state index contributed by atoms with van der Waals surface area (Å²) in [6.45, 7) is 6.17. The van der Waals surface area contributed by atoms with Crippen LogP contribution in [0.2, 0.25) is 0 Å². The number of rotatable bonds is 7. The minimum atomic E-state index is -0.927. The quantitative estimate of drug-likeness (QED) is 0.680. The standard InChI is InChI=1S/C12H21N5O2/c1-5-6-14-9-8(19-4)10(16-7-15-9)17-12(2,3)11(13)18/h7H,5-6H2,1-4H3,(H2,13,18)(H2,14,15,16,17). The summed E-state index contributed by atoms with van der Waals surface area (Å²) >= 11 is 0. The molecule has 1 heterocycles. The fraction of sp³-hybridized carbons (Fsp3) is 0.583. The SMILES string of the molecule is CCCNc1ncnc(NC(C)(C)C(N)=O)c1OC. The topological polar surface area (TPSA) is 102 Å². The molecular formula is C12H21N5O2. The van der Waals surface area contributed by atoms with Gasteiger partial charge in [0, 0.05) is 6.54 Å². The summed E-state index contributed by atoms with van der Waals surface area (Å²) in [6, 6.07) is 0. The van der Waals surface area contributed by atoms with Crippen molar-refractivity contribution in [1.29, 1.82) is 0 Å². The molecule has 0 spiro atoms. The molecule has 7 nitrogen and oxygen atoms in total. The van der Waals surface area contributed by atoms with E-state index in [2.05, 4.69) is 27.5 Å². The van der Waals surface area contributed by atoms with Crippen molar-refractivity contribution >= 4 is 17.5 Å². The maximum Gasteiger partial charge on any atom is 0.242 e. The van der Waals surface area contributed by atoms with Gasteiger partial charge in [0.15, 0.2) is 11.6 Å². The molecule has 0 aliphatic heterocycles. The second-order valence-electron chi connectivity index (χ2n) is 4.65. The molecule has 7 heteroatoms. The van der Waals surface area contributed by atoms with Crippen molar-refractivity contribution in [2.75, 3.05) is 24.3 Å². The molecule has 0 radical (unpaired) electrons. The summed E-state index contributed by atoms with van der Waals surface area (Å²) in [5.41, 5.74) is 4.40. The smallest absolute Gasteiger partial charge is 0.242 e. The normalized spacial score (nSPS) is 10.9. The number of ether oxygens (including phenoxy) is 1. The molecule has 0 bridgehead atoms. The van der Waals surface area contributed by atoms with Gasteiger partial charge in [-0.2, -0.15) is 0 Å². The number of amides is 1. The molecule has 0 aliphatic carbocycles. The molecule has 0 aliphatic rings. The number of hydrogen-bond donors (Lipinski definition) is 3. The van der Waals surface area contributed by atoms with Crippen LogP contribution in [0, 0.1) is 0 Å². The van der Waals surface area contributed by atoms with Crippen molar-refractivity contribution in [3.8, 4) is 5.75 Å². The molecule has 0 atom stereocenters. The first-order valence-corrected chi connectivity index (χ1v) is 6.13. The lowest BCUT2D eigenvalue weighted by molar-refractivity contribution is -0.121. The molecular weight excluding hydrogens is 246 g/mol. The highest BCUT2D eigenvalue weighted by Crippen LogP contribution is 2.30. The lowest BCUT2D eigenvalue weighted by Gasteiger charge is -2.24. The van der Waals surface area contributed by atoms with Gasteiger partial charge >= 0.3 is 0 Å². The monoisotopic (exact) mass is 267 g/mol. The molecule has 0 aromatic carbocycles. The molecule has 106 valence electrons. The largest absolute Gasteiger partial charge is 0.490 e. The minimum absolute atomic E-state index is 0.430.